The summed E-state index contributed by atoms with van der Waals surface area (Å²) >= 11 is 5.87. The summed E-state index contributed by atoms with van der Waals surface area (Å²) in [6.45, 7) is 1.34. The van der Waals surface area contributed by atoms with Crippen molar-refractivity contribution in [2.75, 3.05) is 11.9 Å². The largest absolute Gasteiger partial charge is 0.338 e. The lowest BCUT2D eigenvalue weighted by molar-refractivity contribution is 0.251. The number of aryl methyl sites for hydroxylation is 1. The summed E-state index contributed by atoms with van der Waals surface area (Å²) in [6.07, 6.45) is 7.77. The van der Waals surface area contributed by atoms with E-state index in [9.17, 15) is 4.79 Å². The number of anilines is 1. The Morgan fingerprint density at radius 2 is 2.27 bits per heavy atom. The molecule has 0 aliphatic heterocycles. The Hall–Kier alpha value is -2.61. The molecule has 0 radical (unpaired) electrons. The Labute approximate surface area is 131 Å². The molecule has 0 spiro atoms. The van der Waals surface area contributed by atoms with Crippen molar-refractivity contribution in [3.05, 3.63) is 42.1 Å². The van der Waals surface area contributed by atoms with Gasteiger partial charge in [-0.25, -0.2) is 14.3 Å². The maximum atomic E-state index is 11.8. The van der Waals surface area contributed by atoms with Crippen LogP contribution in [0.4, 0.5) is 10.7 Å². The summed E-state index contributed by atoms with van der Waals surface area (Å²) in [5.41, 5.74) is 0.611. The number of carbonyl (C=O) groups excluding carboxylic acids is 1. The van der Waals surface area contributed by atoms with Crippen molar-refractivity contribution in [3.63, 3.8) is 0 Å². The van der Waals surface area contributed by atoms with Crippen LogP contribution in [0.5, 0.6) is 0 Å². The van der Waals surface area contributed by atoms with Crippen LogP contribution in [0.15, 0.2) is 37.1 Å². The second-order valence-corrected chi connectivity index (χ2v) is 5.06. The zero-order valence-corrected chi connectivity index (χ0v) is 12.4. The van der Waals surface area contributed by atoms with Gasteiger partial charge in [0.15, 0.2) is 5.65 Å². The highest BCUT2D eigenvalue weighted by Crippen LogP contribution is 2.11. The summed E-state index contributed by atoms with van der Waals surface area (Å²) in [5, 5.41) is 10.0. The molecule has 0 aromatic carbocycles. The van der Waals surface area contributed by atoms with Crippen molar-refractivity contribution in [1.82, 2.24) is 29.5 Å². The Bertz CT molecular complexity index is 768. The molecule has 3 heterocycles. The summed E-state index contributed by atoms with van der Waals surface area (Å²) in [4.78, 5) is 19.9. The second kappa shape index (κ2) is 6.44. The van der Waals surface area contributed by atoms with Crippen LogP contribution in [0.2, 0.25) is 5.02 Å². The quantitative estimate of drug-likeness (QED) is 0.702. The number of hydrogen-bond acceptors (Lipinski definition) is 4. The van der Waals surface area contributed by atoms with Crippen LogP contribution < -0.4 is 10.6 Å². The first kappa shape index (κ1) is 14.3. The van der Waals surface area contributed by atoms with Gasteiger partial charge in [-0.15, -0.1) is 5.10 Å². The summed E-state index contributed by atoms with van der Waals surface area (Å²) in [7, 11) is 0. The van der Waals surface area contributed by atoms with Gasteiger partial charge >= 0.3 is 6.03 Å². The molecule has 0 fully saturated rings. The third kappa shape index (κ3) is 3.53. The molecule has 0 saturated carbocycles. The molecule has 2 N–H and O–H groups in total. The van der Waals surface area contributed by atoms with Crippen molar-refractivity contribution in [1.29, 1.82) is 0 Å². The molecule has 3 rings (SSSR count). The molecular weight excluding hydrogens is 306 g/mol. The SMILES string of the molecule is O=C(NCCCn1ccnc1)Nc1nc2ccc(Cl)cn2n1. The highest BCUT2D eigenvalue weighted by Gasteiger charge is 2.07. The van der Waals surface area contributed by atoms with Crippen LogP contribution >= 0.6 is 11.6 Å². The molecule has 8 nitrogen and oxygen atoms in total. The number of aromatic nitrogens is 5. The topological polar surface area (TPSA) is 89.1 Å². The second-order valence-electron chi connectivity index (χ2n) is 4.62. The number of nitrogens with one attached hydrogen (secondary N) is 2. The molecule has 0 atom stereocenters. The van der Waals surface area contributed by atoms with Crippen LogP contribution in [0.25, 0.3) is 5.65 Å². The van der Waals surface area contributed by atoms with Crippen LogP contribution in [0.1, 0.15) is 6.42 Å². The number of fused-ring (bicyclic) bond motifs is 1. The summed E-state index contributed by atoms with van der Waals surface area (Å²) in [5.74, 6) is 0.231. The minimum absolute atomic E-state index is 0.231. The molecule has 9 heteroatoms. The number of imidazole rings is 1. The highest BCUT2D eigenvalue weighted by atomic mass is 35.5. The van der Waals surface area contributed by atoms with E-state index < -0.39 is 0 Å². The fourth-order valence-electron chi connectivity index (χ4n) is 1.94. The van der Waals surface area contributed by atoms with Crippen molar-refractivity contribution in [2.24, 2.45) is 0 Å². The first-order chi connectivity index (χ1) is 10.7. The average Bonchev–Trinajstić information content (AvgIpc) is 3.12. The van der Waals surface area contributed by atoms with E-state index in [1.807, 2.05) is 10.8 Å². The maximum Gasteiger partial charge on any atom is 0.321 e. The fraction of sp³-hybridized carbons (Fsp3) is 0.231. The van der Waals surface area contributed by atoms with Gasteiger partial charge in [0.2, 0.25) is 0 Å². The number of halogens is 1. The third-order valence-electron chi connectivity index (χ3n) is 2.96. The zero-order chi connectivity index (χ0) is 15.4. The van der Waals surface area contributed by atoms with Crippen LogP contribution in [-0.4, -0.2) is 36.7 Å². The van der Waals surface area contributed by atoms with Crippen LogP contribution in [0, 0.1) is 0 Å². The first-order valence-corrected chi connectivity index (χ1v) is 7.11. The van der Waals surface area contributed by atoms with Gasteiger partial charge < -0.3 is 9.88 Å². The van der Waals surface area contributed by atoms with Gasteiger partial charge in [0, 0.05) is 31.7 Å². The first-order valence-electron chi connectivity index (χ1n) is 6.73. The van der Waals surface area contributed by atoms with Crippen molar-refractivity contribution in [3.8, 4) is 0 Å². The fourth-order valence-corrected chi connectivity index (χ4v) is 2.09. The molecule has 0 aliphatic carbocycles. The van der Waals surface area contributed by atoms with Crippen LogP contribution in [0.3, 0.4) is 0 Å². The minimum Gasteiger partial charge on any atom is -0.338 e. The number of urea groups is 1. The van der Waals surface area contributed by atoms with Crippen molar-refractivity contribution in [2.45, 2.75) is 13.0 Å². The van der Waals surface area contributed by atoms with Gasteiger partial charge in [-0.1, -0.05) is 11.6 Å². The monoisotopic (exact) mass is 319 g/mol. The average molecular weight is 320 g/mol. The molecule has 3 aromatic rings. The van der Waals surface area contributed by atoms with E-state index in [-0.39, 0.29) is 12.0 Å². The van der Waals surface area contributed by atoms with E-state index in [1.165, 1.54) is 4.52 Å². The molecule has 3 aromatic heterocycles. The van der Waals surface area contributed by atoms with Gasteiger partial charge in [-0.05, 0) is 18.6 Å². The van der Waals surface area contributed by atoms with Crippen LogP contribution in [-0.2, 0) is 6.54 Å². The van der Waals surface area contributed by atoms with E-state index in [1.54, 1.807) is 30.9 Å². The highest BCUT2D eigenvalue weighted by molar-refractivity contribution is 6.30. The van der Waals surface area contributed by atoms with E-state index in [0.717, 1.165) is 13.0 Å². The Kier molecular flexibility index (Phi) is 4.19. The van der Waals surface area contributed by atoms with Gasteiger partial charge in [0.25, 0.3) is 5.95 Å². The summed E-state index contributed by atoms with van der Waals surface area (Å²) < 4.78 is 3.46. The lowest BCUT2D eigenvalue weighted by atomic mass is 10.4. The standard InChI is InChI=1S/C13H14ClN7O/c14-10-2-3-11-17-12(19-21(11)8-10)18-13(22)16-4-1-6-20-7-5-15-9-20/h2-3,5,7-9H,1,4,6H2,(H2,16,18,19,22). The van der Waals surface area contributed by atoms with E-state index in [2.05, 4.69) is 25.7 Å². The molecule has 0 aliphatic rings. The molecular formula is C13H14ClN7O. The molecule has 22 heavy (non-hydrogen) atoms. The molecule has 2 amide bonds. The predicted octanol–water partition coefficient (Wildman–Crippen LogP) is 1.79. The number of hydrogen-bond donors (Lipinski definition) is 2. The molecule has 0 unspecified atom stereocenters. The van der Waals surface area contributed by atoms with E-state index in [4.69, 9.17) is 11.6 Å². The number of rotatable bonds is 5. The van der Waals surface area contributed by atoms with Gasteiger partial charge in [0.1, 0.15) is 0 Å². The van der Waals surface area contributed by atoms with Gasteiger partial charge in [-0.3, -0.25) is 5.32 Å². The zero-order valence-electron chi connectivity index (χ0n) is 11.6. The Morgan fingerprint density at radius 3 is 3.09 bits per heavy atom. The lowest BCUT2D eigenvalue weighted by Crippen LogP contribution is -2.30. The number of carbonyl (C=O) groups is 1. The van der Waals surface area contributed by atoms with Gasteiger partial charge in [0.05, 0.1) is 11.3 Å². The van der Waals surface area contributed by atoms with Crippen molar-refractivity contribution >= 4 is 29.2 Å². The molecule has 114 valence electrons. The normalized spacial score (nSPS) is 10.8. The third-order valence-corrected chi connectivity index (χ3v) is 3.18. The Morgan fingerprint density at radius 1 is 1.36 bits per heavy atom. The van der Waals surface area contributed by atoms with E-state index >= 15 is 0 Å². The Balaban J connectivity index is 1.48. The number of nitrogens with zero attached hydrogens (tertiary/aromatic N) is 5. The predicted molar refractivity (Wildman–Crippen MR) is 81.9 cm³/mol. The number of amides is 2. The molecule has 0 bridgehead atoms. The minimum atomic E-state index is -0.340. The molecule has 0 saturated heterocycles. The summed E-state index contributed by atoms with van der Waals surface area (Å²) in [6, 6.07) is 3.10. The van der Waals surface area contributed by atoms with E-state index in [0.29, 0.717) is 17.2 Å². The maximum absolute atomic E-state index is 11.8. The smallest absolute Gasteiger partial charge is 0.321 e. The lowest BCUT2D eigenvalue weighted by Gasteiger charge is -2.05. The van der Waals surface area contributed by atoms with Gasteiger partial charge in [-0.2, -0.15) is 4.98 Å². The number of pyridine rings is 1. The van der Waals surface area contributed by atoms with Crippen molar-refractivity contribution < 1.29 is 4.79 Å².